The maximum absolute atomic E-state index is 13.2. The quantitative estimate of drug-likeness (QED) is 0.652. The molecule has 3 rings (SSSR count). The molecule has 1 aliphatic rings. The van der Waals surface area contributed by atoms with Gasteiger partial charge in [0.2, 0.25) is 5.75 Å². The second-order valence-electron chi connectivity index (χ2n) is 6.86. The topological polar surface area (TPSA) is 51.2 Å². The van der Waals surface area contributed by atoms with Gasteiger partial charge in [-0.15, -0.1) is 0 Å². The van der Waals surface area contributed by atoms with Gasteiger partial charge in [-0.05, 0) is 57.2 Å². The monoisotopic (exact) mass is 416 g/mol. The van der Waals surface area contributed by atoms with E-state index in [-0.39, 0.29) is 11.7 Å². The van der Waals surface area contributed by atoms with Crippen molar-refractivity contribution in [2.45, 2.75) is 20.8 Å². The lowest BCUT2D eigenvalue weighted by atomic mass is 10.1. The van der Waals surface area contributed by atoms with E-state index in [1.807, 2.05) is 25.7 Å². The summed E-state index contributed by atoms with van der Waals surface area (Å²) in [6, 6.07) is 9.90. The Labute approximate surface area is 177 Å². The van der Waals surface area contributed by atoms with Gasteiger partial charge >= 0.3 is 0 Å². The number of carbonyl (C=O) groups excluding carboxylic acids is 1. The summed E-state index contributed by atoms with van der Waals surface area (Å²) in [7, 11) is 0. The first-order valence-electron chi connectivity index (χ1n) is 10.4. The van der Waals surface area contributed by atoms with Crippen molar-refractivity contribution >= 4 is 11.6 Å². The average Bonchev–Trinajstić information content (AvgIpc) is 2.76. The predicted molar refractivity (Wildman–Crippen MR) is 114 cm³/mol. The standard InChI is InChI=1S/C23H29FN2O4/c1-4-28-20-15-17(16-21(29-5-2)22(20)30-6-3)23(27)26-13-11-25(12-14-26)19-9-7-18(24)8-10-19/h7-10,15-16H,4-6,11-14H2,1-3H3. The Kier molecular flexibility index (Phi) is 7.38. The van der Waals surface area contributed by atoms with E-state index in [9.17, 15) is 9.18 Å². The molecule has 1 fully saturated rings. The Morgan fingerprint density at radius 2 is 1.40 bits per heavy atom. The van der Waals surface area contributed by atoms with Crippen molar-refractivity contribution in [1.82, 2.24) is 4.90 Å². The van der Waals surface area contributed by atoms with Crippen molar-refractivity contribution in [2.75, 3.05) is 50.9 Å². The second-order valence-corrected chi connectivity index (χ2v) is 6.86. The minimum atomic E-state index is -0.252. The van der Waals surface area contributed by atoms with Crippen molar-refractivity contribution < 1.29 is 23.4 Å². The van der Waals surface area contributed by atoms with Crippen LogP contribution in [0.15, 0.2) is 36.4 Å². The van der Waals surface area contributed by atoms with Crippen LogP contribution in [0.4, 0.5) is 10.1 Å². The van der Waals surface area contributed by atoms with Crippen molar-refractivity contribution in [3.8, 4) is 17.2 Å². The lowest BCUT2D eigenvalue weighted by Gasteiger charge is -2.36. The molecular formula is C23H29FN2O4. The average molecular weight is 416 g/mol. The van der Waals surface area contributed by atoms with E-state index < -0.39 is 0 Å². The van der Waals surface area contributed by atoms with Crippen LogP contribution in [0.25, 0.3) is 0 Å². The number of ether oxygens (including phenoxy) is 3. The maximum atomic E-state index is 13.2. The van der Waals surface area contributed by atoms with E-state index in [4.69, 9.17) is 14.2 Å². The number of halogens is 1. The van der Waals surface area contributed by atoms with Gasteiger partial charge < -0.3 is 24.0 Å². The highest BCUT2D eigenvalue weighted by Crippen LogP contribution is 2.39. The molecule has 1 heterocycles. The first-order chi connectivity index (χ1) is 14.6. The van der Waals surface area contributed by atoms with Crippen LogP contribution in [0.5, 0.6) is 17.2 Å². The number of piperazine rings is 1. The molecule has 2 aromatic carbocycles. The Morgan fingerprint density at radius 3 is 1.90 bits per heavy atom. The highest BCUT2D eigenvalue weighted by atomic mass is 19.1. The third-order valence-electron chi connectivity index (χ3n) is 4.91. The number of nitrogens with zero attached hydrogens (tertiary/aromatic N) is 2. The molecule has 2 aromatic rings. The molecule has 30 heavy (non-hydrogen) atoms. The molecule has 0 unspecified atom stereocenters. The van der Waals surface area contributed by atoms with Crippen molar-refractivity contribution in [2.24, 2.45) is 0 Å². The third kappa shape index (κ3) is 4.96. The number of rotatable bonds is 8. The first-order valence-corrected chi connectivity index (χ1v) is 10.4. The largest absolute Gasteiger partial charge is 0.490 e. The van der Waals surface area contributed by atoms with E-state index in [0.29, 0.717) is 68.8 Å². The maximum Gasteiger partial charge on any atom is 0.254 e. The van der Waals surface area contributed by atoms with Crippen molar-refractivity contribution in [1.29, 1.82) is 0 Å². The molecule has 0 bridgehead atoms. The Morgan fingerprint density at radius 1 is 0.867 bits per heavy atom. The number of carbonyl (C=O) groups is 1. The molecular weight excluding hydrogens is 387 g/mol. The van der Waals surface area contributed by atoms with Crippen LogP contribution in [-0.4, -0.2) is 56.8 Å². The fraction of sp³-hybridized carbons (Fsp3) is 0.435. The molecule has 0 radical (unpaired) electrons. The lowest BCUT2D eigenvalue weighted by Crippen LogP contribution is -2.48. The molecule has 7 heteroatoms. The molecule has 1 amide bonds. The van der Waals surface area contributed by atoms with E-state index in [0.717, 1.165) is 5.69 Å². The van der Waals surface area contributed by atoms with Gasteiger partial charge in [0.25, 0.3) is 5.91 Å². The Balaban J connectivity index is 1.76. The summed E-state index contributed by atoms with van der Waals surface area (Å²) in [5.74, 6) is 1.23. The number of hydrogen-bond donors (Lipinski definition) is 0. The smallest absolute Gasteiger partial charge is 0.254 e. The second kappa shape index (κ2) is 10.2. The summed E-state index contributed by atoms with van der Waals surface area (Å²) < 4.78 is 30.3. The molecule has 162 valence electrons. The molecule has 1 aliphatic heterocycles. The van der Waals surface area contributed by atoms with Gasteiger partial charge in [0.1, 0.15) is 5.82 Å². The zero-order valence-corrected chi connectivity index (χ0v) is 17.8. The number of benzene rings is 2. The van der Waals surface area contributed by atoms with Gasteiger partial charge in [0.05, 0.1) is 19.8 Å². The van der Waals surface area contributed by atoms with E-state index in [2.05, 4.69) is 4.90 Å². The van der Waals surface area contributed by atoms with Crippen LogP contribution in [0.3, 0.4) is 0 Å². The summed E-state index contributed by atoms with van der Waals surface area (Å²) in [5.41, 5.74) is 1.47. The van der Waals surface area contributed by atoms with Crippen LogP contribution in [-0.2, 0) is 0 Å². The number of anilines is 1. The van der Waals surface area contributed by atoms with Crippen LogP contribution >= 0.6 is 0 Å². The fourth-order valence-electron chi connectivity index (χ4n) is 3.51. The zero-order valence-electron chi connectivity index (χ0n) is 17.8. The molecule has 0 saturated carbocycles. The summed E-state index contributed by atoms with van der Waals surface area (Å²) >= 11 is 0. The van der Waals surface area contributed by atoms with Gasteiger partial charge in [-0.25, -0.2) is 4.39 Å². The fourth-order valence-corrected chi connectivity index (χ4v) is 3.51. The lowest BCUT2D eigenvalue weighted by molar-refractivity contribution is 0.0745. The third-order valence-corrected chi connectivity index (χ3v) is 4.91. The van der Waals surface area contributed by atoms with Crippen LogP contribution in [0, 0.1) is 5.82 Å². The van der Waals surface area contributed by atoms with Gasteiger partial charge in [0, 0.05) is 37.4 Å². The molecule has 0 N–H and O–H groups in total. The van der Waals surface area contributed by atoms with Crippen molar-refractivity contribution in [3.63, 3.8) is 0 Å². The van der Waals surface area contributed by atoms with E-state index in [1.165, 1.54) is 12.1 Å². The minimum Gasteiger partial charge on any atom is -0.490 e. The van der Waals surface area contributed by atoms with Crippen LogP contribution in [0.1, 0.15) is 31.1 Å². The zero-order chi connectivity index (χ0) is 21.5. The Bertz CT molecular complexity index is 822. The van der Waals surface area contributed by atoms with E-state index in [1.54, 1.807) is 24.3 Å². The number of amides is 1. The Hall–Kier alpha value is -2.96. The molecule has 1 saturated heterocycles. The first kappa shape index (κ1) is 21.7. The van der Waals surface area contributed by atoms with Crippen LogP contribution in [0.2, 0.25) is 0 Å². The molecule has 0 atom stereocenters. The number of hydrogen-bond acceptors (Lipinski definition) is 5. The van der Waals surface area contributed by atoms with Crippen LogP contribution < -0.4 is 19.1 Å². The van der Waals surface area contributed by atoms with Gasteiger partial charge in [-0.3, -0.25) is 4.79 Å². The predicted octanol–water partition coefficient (Wildman–Crippen LogP) is 3.98. The molecule has 6 nitrogen and oxygen atoms in total. The van der Waals surface area contributed by atoms with Gasteiger partial charge in [-0.2, -0.15) is 0 Å². The summed E-state index contributed by atoms with van der Waals surface area (Å²) in [5, 5.41) is 0. The van der Waals surface area contributed by atoms with Crippen molar-refractivity contribution in [3.05, 3.63) is 47.8 Å². The van der Waals surface area contributed by atoms with E-state index >= 15 is 0 Å². The summed E-state index contributed by atoms with van der Waals surface area (Å²) in [6.07, 6.45) is 0. The van der Waals surface area contributed by atoms with Gasteiger partial charge in [0.15, 0.2) is 11.5 Å². The molecule has 0 spiro atoms. The summed E-state index contributed by atoms with van der Waals surface area (Å²) in [4.78, 5) is 17.1. The highest BCUT2D eigenvalue weighted by Gasteiger charge is 2.25. The summed E-state index contributed by atoms with van der Waals surface area (Å²) in [6.45, 7) is 9.59. The highest BCUT2D eigenvalue weighted by molar-refractivity contribution is 5.95. The SMILES string of the molecule is CCOc1cc(C(=O)N2CCN(c3ccc(F)cc3)CC2)cc(OCC)c1OCC. The van der Waals surface area contributed by atoms with Gasteiger partial charge in [-0.1, -0.05) is 0 Å². The molecule has 0 aromatic heterocycles. The minimum absolute atomic E-state index is 0.0706. The molecule has 0 aliphatic carbocycles. The normalized spacial score (nSPS) is 13.9.